The van der Waals surface area contributed by atoms with E-state index in [9.17, 15) is 0 Å². The summed E-state index contributed by atoms with van der Waals surface area (Å²) in [6.45, 7) is 3.55. The van der Waals surface area contributed by atoms with E-state index in [0.717, 1.165) is 35.6 Å². The predicted molar refractivity (Wildman–Crippen MR) is 88.0 cm³/mol. The fourth-order valence-electron chi connectivity index (χ4n) is 2.72. The lowest BCUT2D eigenvalue weighted by Gasteiger charge is -2.24. The summed E-state index contributed by atoms with van der Waals surface area (Å²) in [5, 5.41) is 3.50. The minimum Gasteiger partial charge on any atom is -0.379 e. The van der Waals surface area contributed by atoms with Gasteiger partial charge < -0.3 is 10.1 Å². The minimum absolute atomic E-state index is 0.139. The lowest BCUT2D eigenvalue weighted by atomic mass is 10.0. The van der Waals surface area contributed by atoms with Gasteiger partial charge in [0, 0.05) is 19.0 Å². The second-order valence-electron chi connectivity index (χ2n) is 5.97. The number of ether oxygens (including phenoxy) is 1. The van der Waals surface area contributed by atoms with Crippen LogP contribution in [-0.4, -0.2) is 38.7 Å². The Morgan fingerprint density at radius 3 is 2.78 bits per heavy atom. The van der Waals surface area contributed by atoms with Gasteiger partial charge in [0.05, 0.1) is 17.7 Å². The molecule has 0 aliphatic carbocycles. The van der Waals surface area contributed by atoms with Crippen molar-refractivity contribution in [1.29, 1.82) is 0 Å². The van der Waals surface area contributed by atoms with Gasteiger partial charge >= 0.3 is 0 Å². The summed E-state index contributed by atoms with van der Waals surface area (Å²) in [6, 6.07) is 9.53. The zero-order valence-corrected chi connectivity index (χ0v) is 12.9. The highest BCUT2D eigenvalue weighted by Gasteiger charge is 2.30. The van der Waals surface area contributed by atoms with Crippen LogP contribution in [0.25, 0.3) is 22.6 Å². The zero-order valence-electron chi connectivity index (χ0n) is 12.9. The first kappa shape index (κ1) is 14.0. The maximum atomic E-state index is 5.52. The topological polar surface area (TPSA) is 72.8 Å². The van der Waals surface area contributed by atoms with Crippen LogP contribution in [0.2, 0.25) is 0 Å². The van der Waals surface area contributed by atoms with E-state index in [2.05, 4.69) is 32.2 Å². The van der Waals surface area contributed by atoms with E-state index in [1.165, 1.54) is 0 Å². The van der Waals surface area contributed by atoms with E-state index < -0.39 is 0 Å². The number of hydrogen-bond donors (Lipinski definition) is 1. The number of aromatic nitrogens is 4. The Hall–Kier alpha value is -2.60. The molecule has 0 saturated carbocycles. The van der Waals surface area contributed by atoms with Gasteiger partial charge in [-0.15, -0.1) is 0 Å². The highest BCUT2D eigenvalue weighted by atomic mass is 16.5. The van der Waals surface area contributed by atoms with Crippen molar-refractivity contribution in [2.24, 2.45) is 0 Å². The molecule has 0 amide bonds. The Kier molecular flexibility index (Phi) is 3.38. The highest BCUT2D eigenvalue weighted by molar-refractivity contribution is 5.86. The van der Waals surface area contributed by atoms with Gasteiger partial charge in [0.1, 0.15) is 11.2 Å². The fraction of sp³-hybridized carbons (Fsp3) is 0.294. The molecule has 116 valence electrons. The second kappa shape index (κ2) is 5.55. The van der Waals surface area contributed by atoms with Crippen molar-refractivity contribution < 1.29 is 4.74 Å². The van der Waals surface area contributed by atoms with Crippen LogP contribution in [0.15, 0.2) is 42.7 Å². The summed E-state index contributed by atoms with van der Waals surface area (Å²) >= 11 is 0. The molecular weight excluding hydrogens is 290 g/mol. The van der Waals surface area contributed by atoms with E-state index in [1.54, 1.807) is 12.4 Å². The van der Waals surface area contributed by atoms with Gasteiger partial charge in [-0.1, -0.05) is 6.07 Å². The lowest BCUT2D eigenvalue weighted by Crippen LogP contribution is -2.35. The van der Waals surface area contributed by atoms with Crippen LogP contribution >= 0.6 is 0 Å². The monoisotopic (exact) mass is 307 g/mol. The smallest absolute Gasteiger partial charge is 0.180 e. The molecule has 23 heavy (non-hydrogen) atoms. The third kappa shape index (κ3) is 2.73. The van der Waals surface area contributed by atoms with E-state index in [-0.39, 0.29) is 5.54 Å². The van der Waals surface area contributed by atoms with Gasteiger partial charge in [0.2, 0.25) is 0 Å². The van der Waals surface area contributed by atoms with Crippen LogP contribution in [0.4, 0.5) is 5.82 Å². The first-order chi connectivity index (χ1) is 11.2. The molecule has 0 bridgehead atoms. The molecule has 6 nitrogen and oxygen atoms in total. The number of nitrogens with zero attached hydrogens (tertiary/aromatic N) is 4. The molecule has 1 fully saturated rings. The molecule has 0 spiro atoms. The Labute approximate surface area is 134 Å². The van der Waals surface area contributed by atoms with Gasteiger partial charge in [0.25, 0.3) is 0 Å². The average molecular weight is 307 g/mol. The number of nitrogens with one attached hydrogen (secondary N) is 1. The van der Waals surface area contributed by atoms with Crippen LogP contribution in [0, 0.1) is 0 Å². The van der Waals surface area contributed by atoms with Crippen LogP contribution in [0.5, 0.6) is 0 Å². The third-order valence-corrected chi connectivity index (χ3v) is 3.99. The average Bonchev–Trinajstić information content (AvgIpc) is 3.02. The summed E-state index contributed by atoms with van der Waals surface area (Å²) in [5.74, 6) is 1.32. The van der Waals surface area contributed by atoms with Gasteiger partial charge in [-0.3, -0.25) is 9.97 Å². The number of pyridine rings is 2. The molecule has 3 aromatic heterocycles. The highest BCUT2D eigenvalue weighted by Crippen LogP contribution is 2.28. The molecule has 4 heterocycles. The minimum atomic E-state index is -0.139. The number of anilines is 1. The number of hydrogen-bond acceptors (Lipinski definition) is 6. The van der Waals surface area contributed by atoms with Gasteiger partial charge in [0.15, 0.2) is 11.6 Å². The molecule has 1 saturated heterocycles. The summed E-state index contributed by atoms with van der Waals surface area (Å²) in [4.78, 5) is 18.1. The normalized spacial score (nSPS) is 20.7. The molecule has 0 aromatic carbocycles. The fourth-order valence-corrected chi connectivity index (χ4v) is 2.72. The Morgan fingerprint density at radius 2 is 2.00 bits per heavy atom. The Morgan fingerprint density at radius 1 is 1.09 bits per heavy atom. The second-order valence-corrected chi connectivity index (χ2v) is 5.97. The lowest BCUT2D eigenvalue weighted by molar-refractivity contribution is 0.185. The van der Waals surface area contributed by atoms with Crippen molar-refractivity contribution in [1.82, 2.24) is 19.9 Å². The Bertz CT molecular complexity index is 831. The number of fused-ring (bicyclic) bond motifs is 1. The van der Waals surface area contributed by atoms with E-state index in [0.29, 0.717) is 12.4 Å². The molecular formula is C17H17N5O. The molecule has 1 atom stereocenters. The molecule has 0 radical (unpaired) electrons. The molecule has 1 unspecified atom stereocenters. The van der Waals surface area contributed by atoms with E-state index in [1.807, 2.05) is 30.3 Å². The van der Waals surface area contributed by atoms with Crippen LogP contribution in [0.1, 0.15) is 13.3 Å². The zero-order chi connectivity index (χ0) is 15.7. The number of rotatable bonds is 3. The van der Waals surface area contributed by atoms with Crippen LogP contribution in [-0.2, 0) is 4.74 Å². The largest absolute Gasteiger partial charge is 0.379 e. The SMILES string of the molecule is CC1(Nc2nc(-c3ccccn3)nc3cccnc23)CCOC1. The molecule has 1 aliphatic heterocycles. The standard InChI is InChI=1S/C17H17N5O/c1-17(7-10-23-11-17)22-16-14-12(6-4-9-19-14)20-15(21-16)13-5-2-3-8-18-13/h2-6,8-9H,7,10-11H2,1H3,(H,20,21,22). The van der Waals surface area contributed by atoms with Gasteiger partial charge in [-0.05, 0) is 37.6 Å². The first-order valence-corrected chi connectivity index (χ1v) is 7.64. The van der Waals surface area contributed by atoms with Crippen molar-refractivity contribution in [3.05, 3.63) is 42.7 Å². The van der Waals surface area contributed by atoms with Gasteiger partial charge in [-0.2, -0.15) is 0 Å². The summed E-state index contributed by atoms with van der Waals surface area (Å²) in [5.41, 5.74) is 2.17. The summed E-state index contributed by atoms with van der Waals surface area (Å²) < 4.78 is 5.52. The van der Waals surface area contributed by atoms with Crippen LogP contribution in [0.3, 0.4) is 0 Å². The van der Waals surface area contributed by atoms with Crippen molar-refractivity contribution in [2.75, 3.05) is 18.5 Å². The predicted octanol–water partition coefficient (Wildman–Crippen LogP) is 2.68. The summed E-state index contributed by atoms with van der Waals surface area (Å²) in [6.07, 6.45) is 4.43. The maximum absolute atomic E-state index is 5.52. The van der Waals surface area contributed by atoms with Crippen molar-refractivity contribution in [3.8, 4) is 11.5 Å². The first-order valence-electron chi connectivity index (χ1n) is 7.64. The molecule has 1 aliphatic rings. The Balaban J connectivity index is 1.84. The summed E-state index contributed by atoms with van der Waals surface area (Å²) in [7, 11) is 0. The maximum Gasteiger partial charge on any atom is 0.180 e. The van der Waals surface area contributed by atoms with E-state index in [4.69, 9.17) is 4.74 Å². The van der Waals surface area contributed by atoms with E-state index >= 15 is 0 Å². The van der Waals surface area contributed by atoms with Crippen molar-refractivity contribution in [2.45, 2.75) is 18.9 Å². The van der Waals surface area contributed by atoms with Crippen molar-refractivity contribution >= 4 is 16.9 Å². The van der Waals surface area contributed by atoms with Crippen LogP contribution < -0.4 is 5.32 Å². The van der Waals surface area contributed by atoms with Crippen molar-refractivity contribution in [3.63, 3.8) is 0 Å². The quantitative estimate of drug-likeness (QED) is 0.802. The molecule has 1 N–H and O–H groups in total. The third-order valence-electron chi connectivity index (χ3n) is 3.99. The molecule has 3 aromatic rings. The molecule has 6 heteroatoms. The molecule has 4 rings (SSSR count). The van der Waals surface area contributed by atoms with Gasteiger partial charge in [-0.25, -0.2) is 9.97 Å².